The van der Waals surface area contributed by atoms with Gasteiger partial charge in [0.1, 0.15) is 0 Å². The van der Waals surface area contributed by atoms with E-state index in [4.69, 9.17) is 0 Å². The molecule has 3 atom stereocenters. The van der Waals surface area contributed by atoms with Crippen molar-refractivity contribution in [3.8, 4) is 11.3 Å². The van der Waals surface area contributed by atoms with Crippen molar-refractivity contribution in [1.29, 1.82) is 0 Å². The van der Waals surface area contributed by atoms with E-state index in [0.29, 0.717) is 12.1 Å². The summed E-state index contributed by atoms with van der Waals surface area (Å²) in [4.78, 5) is 30.2. The van der Waals surface area contributed by atoms with Gasteiger partial charge in [-0.15, -0.1) is 0 Å². The minimum absolute atomic E-state index is 0.163. The summed E-state index contributed by atoms with van der Waals surface area (Å²) in [5, 5.41) is 12.3. The fourth-order valence-electron chi connectivity index (χ4n) is 4.11. The van der Waals surface area contributed by atoms with E-state index in [1.807, 2.05) is 43.3 Å². The van der Waals surface area contributed by atoms with Crippen molar-refractivity contribution in [2.24, 2.45) is 5.92 Å². The second-order valence-corrected chi connectivity index (χ2v) is 7.06. The first-order chi connectivity index (χ1) is 12.5. The van der Waals surface area contributed by atoms with Crippen LogP contribution in [-0.4, -0.2) is 39.1 Å². The van der Waals surface area contributed by atoms with Gasteiger partial charge in [0.15, 0.2) is 0 Å². The number of carboxylic acids is 1. The lowest BCUT2D eigenvalue weighted by Gasteiger charge is -2.55. The molecule has 2 amide bonds. The Labute approximate surface area is 151 Å². The van der Waals surface area contributed by atoms with E-state index >= 15 is 0 Å². The number of pyridine rings is 1. The van der Waals surface area contributed by atoms with Gasteiger partial charge in [0, 0.05) is 29.5 Å². The highest BCUT2D eigenvalue weighted by molar-refractivity contribution is 5.92. The minimum Gasteiger partial charge on any atom is -0.481 e. The molecular weight excluding hydrogens is 330 g/mol. The number of benzene rings is 1. The summed E-state index contributed by atoms with van der Waals surface area (Å²) in [6, 6.07) is 11.2. The maximum Gasteiger partial charge on any atom is 0.322 e. The number of nitrogens with one attached hydrogen (secondary N) is 1. The van der Waals surface area contributed by atoms with Gasteiger partial charge >= 0.3 is 12.0 Å². The van der Waals surface area contributed by atoms with Crippen LogP contribution in [0.5, 0.6) is 0 Å². The number of anilines is 1. The SMILES string of the molecule is Cc1ccc(NC(=O)N2[C@@H]3CCC(C(=O)O)[C@H]2C3)cc1-c1ccccn1. The number of aliphatic carboxylic acids is 1. The summed E-state index contributed by atoms with van der Waals surface area (Å²) < 4.78 is 0. The van der Waals surface area contributed by atoms with Crippen molar-refractivity contribution in [3.63, 3.8) is 0 Å². The number of aryl methyl sites for hydroxylation is 1. The maximum atomic E-state index is 12.7. The lowest BCUT2D eigenvalue weighted by molar-refractivity contribution is -0.151. The number of rotatable bonds is 3. The Hall–Kier alpha value is -2.89. The van der Waals surface area contributed by atoms with Gasteiger partial charge in [0.25, 0.3) is 0 Å². The molecule has 0 saturated carbocycles. The molecule has 2 bridgehead atoms. The summed E-state index contributed by atoms with van der Waals surface area (Å²) >= 11 is 0. The van der Waals surface area contributed by atoms with E-state index in [1.165, 1.54) is 0 Å². The Morgan fingerprint density at radius 3 is 2.77 bits per heavy atom. The number of hydrogen-bond acceptors (Lipinski definition) is 3. The van der Waals surface area contributed by atoms with Gasteiger partial charge in [-0.05, 0) is 56.0 Å². The average molecular weight is 351 g/mol. The molecule has 3 heterocycles. The first kappa shape index (κ1) is 16.6. The molecule has 2 N–H and O–H groups in total. The highest BCUT2D eigenvalue weighted by atomic mass is 16.4. The molecule has 1 aromatic carbocycles. The third-order valence-corrected chi connectivity index (χ3v) is 5.52. The number of aromatic nitrogens is 1. The fraction of sp³-hybridized carbons (Fsp3) is 0.350. The van der Waals surface area contributed by atoms with Gasteiger partial charge in [0.05, 0.1) is 11.6 Å². The number of fused-ring (bicyclic) bond motifs is 2. The third-order valence-electron chi connectivity index (χ3n) is 5.52. The number of hydrogen-bond donors (Lipinski definition) is 2. The van der Waals surface area contributed by atoms with Crippen LogP contribution in [0.15, 0.2) is 42.6 Å². The zero-order valence-electron chi connectivity index (χ0n) is 14.6. The Balaban J connectivity index is 1.53. The van der Waals surface area contributed by atoms with Gasteiger partial charge in [-0.1, -0.05) is 12.1 Å². The molecule has 0 spiro atoms. The molecule has 2 aliphatic heterocycles. The summed E-state index contributed by atoms with van der Waals surface area (Å²) in [5.74, 6) is -1.26. The predicted octanol–water partition coefficient (Wildman–Crippen LogP) is 3.53. The molecule has 2 aliphatic rings. The molecule has 2 fully saturated rings. The Morgan fingerprint density at radius 2 is 2.08 bits per heavy atom. The standard InChI is InChI=1S/C20H21N3O3/c1-12-5-6-13(10-16(12)17-4-2-3-9-21-17)22-20(26)23-14-7-8-15(19(24)25)18(23)11-14/h2-6,9-10,14-15,18H,7-8,11H2,1H3,(H,22,26)(H,24,25)/t14-,15?,18-/m1/s1. The molecule has 2 aromatic rings. The third kappa shape index (κ3) is 2.81. The van der Waals surface area contributed by atoms with Crippen molar-refractivity contribution >= 4 is 17.7 Å². The maximum absolute atomic E-state index is 12.7. The number of carboxylic acid groups (broad SMARTS) is 1. The molecule has 0 aliphatic carbocycles. The molecule has 6 heteroatoms. The van der Waals surface area contributed by atoms with Gasteiger partial charge < -0.3 is 15.3 Å². The first-order valence-corrected chi connectivity index (χ1v) is 8.89. The van der Waals surface area contributed by atoms with E-state index in [9.17, 15) is 14.7 Å². The summed E-state index contributed by atoms with van der Waals surface area (Å²) in [6.45, 7) is 2.01. The molecule has 134 valence electrons. The van der Waals surface area contributed by atoms with E-state index in [0.717, 1.165) is 29.7 Å². The lowest BCUT2D eigenvalue weighted by atomic mass is 9.72. The number of carbonyl (C=O) groups excluding carboxylic acids is 1. The average Bonchev–Trinajstić information content (AvgIpc) is 2.63. The number of amides is 2. The van der Waals surface area contributed by atoms with Crippen molar-refractivity contribution in [3.05, 3.63) is 48.2 Å². The van der Waals surface area contributed by atoms with E-state index in [1.54, 1.807) is 11.1 Å². The van der Waals surface area contributed by atoms with Crippen LogP contribution in [0.4, 0.5) is 10.5 Å². The molecule has 1 unspecified atom stereocenters. The minimum atomic E-state index is -0.807. The van der Waals surface area contributed by atoms with E-state index in [2.05, 4.69) is 10.3 Å². The summed E-state index contributed by atoms with van der Waals surface area (Å²) in [5.41, 5.74) is 3.59. The Kier molecular flexibility index (Phi) is 4.11. The van der Waals surface area contributed by atoms with Crippen molar-refractivity contribution in [2.45, 2.75) is 38.3 Å². The van der Waals surface area contributed by atoms with Gasteiger partial charge in [-0.3, -0.25) is 9.78 Å². The Morgan fingerprint density at radius 1 is 1.23 bits per heavy atom. The highest BCUT2D eigenvalue weighted by Crippen LogP contribution is 2.42. The van der Waals surface area contributed by atoms with Crippen molar-refractivity contribution in [2.75, 3.05) is 5.32 Å². The van der Waals surface area contributed by atoms with E-state index in [-0.39, 0.29) is 18.1 Å². The zero-order valence-corrected chi connectivity index (χ0v) is 14.6. The van der Waals surface area contributed by atoms with E-state index < -0.39 is 11.9 Å². The van der Waals surface area contributed by atoms with Crippen molar-refractivity contribution in [1.82, 2.24) is 9.88 Å². The molecular formula is C20H21N3O3. The predicted molar refractivity (Wildman–Crippen MR) is 97.8 cm³/mol. The second kappa shape index (κ2) is 6.44. The molecule has 4 rings (SSSR count). The number of piperidine rings is 1. The fourth-order valence-corrected chi connectivity index (χ4v) is 4.11. The monoisotopic (exact) mass is 351 g/mol. The summed E-state index contributed by atoms with van der Waals surface area (Å²) in [7, 11) is 0. The normalized spacial score (nSPS) is 23.9. The largest absolute Gasteiger partial charge is 0.481 e. The first-order valence-electron chi connectivity index (χ1n) is 8.89. The van der Waals surface area contributed by atoms with Crippen LogP contribution in [0.25, 0.3) is 11.3 Å². The molecule has 0 radical (unpaired) electrons. The number of carbonyl (C=O) groups is 2. The molecule has 2 saturated heterocycles. The van der Waals surface area contributed by atoms with Gasteiger partial charge in [-0.25, -0.2) is 4.79 Å². The van der Waals surface area contributed by atoms with Crippen molar-refractivity contribution < 1.29 is 14.7 Å². The Bertz CT molecular complexity index is 851. The smallest absolute Gasteiger partial charge is 0.322 e. The zero-order chi connectivity index (χ0) is 18.3. The van der Waals surface area contributed by atoms with Crippen LogP contribution >= 0.6 is 0 Å². The molecule has 6 nitrogen and oxygen atoms in total. The molecule has 1 aromatic heterocycles. The van der Waals surface area contributed by atoms with Gasteiger partial charge in [-0.2, -0.15) is 0 Å². The lowest BCUT2D eigenvalue weighted by Crippen LogP contribution is -2.66. The van der Waals surface area contributed by atoms with Crippen LogP contribution < -0.4 is 5.32 Å². The van der Waals surface area contributed by atoms with Crippen LogP contribution in [0, 0.1) is 12.8 Å². The second-order valence-electron chi connectivity index (χ2n) is 7.06. The van der Waals surface area contributed by atoms with Crippen LogP contribution in [-0.2, 0) is 4.79 Å². The topological polar surface area (TPSA) is 82.5 Å². The summed E-state index contributed by atoms with van der Waals surface area (Å²) in [6.07, 6.45) is 3.95. The van der Waals surface area contributed by atoms with Crippen LogP contribution in [0.1, 0.15) is 24.8 Å². The van der Waals surface area contributed by atoms with Crippen LogP contribution in [0.2, 0.25) is 0 Å². The quantitative estimate of drug-likeness (QED) is 0.886. The van der Waals surface area contributed by atoms with Gasteiger partial charge in [0.2, 0.25) is 0 Å². The molecule has 26 heavy (non-hydrogen) atoms. The number of urea groups is 1. The number of nitrogens with zero attached hydrogens (tertiary/aromatic N) is 2. The highest BCUT2D eigenvalue weighted by Gasteiger charge is 2.51. The van der Waals surface area contributed by atoms with Crippen LogP contribution in [0.3, 0.4) is 0 Å².